The fourth-order valence-corrected chi connectivity index (χ4v) is 4.36. The monoisotopic (exact) mass is 517 g/mol. The maximum absolute atomic E-state index is 13.5. The van der Waals surface area contributed by atoms with Gasteiger partial charge in [0.1, 0.15) is 11.8 Å². The van der Waals surface area contributed by atoms with Crippen LogP contribution in [-0.2, 0) is 37.3 Å². The number of nitrogens with zero attached hydrogens (tertiary/aromatic N) is 2. The lowest BCUT2D eigenvalue weighted by Crippen LogP contribution is -2.53. The van der Waals surface area contributed by atoms with E-state index >= 15 is 0 Å². The van der Waals surface area contributed by atoms with Crippen LogP contribution in [0.2, 0.25) is 0 Å². The van der Waals surface area contributed by atoms with Gasteiger partial charge in [0.05, 0.1) is 26.0 Å². The summed E-state index contributed by atoms with van der Waals surface area (Å²) in [7, 11) is -0.668. The Balaban J connectivity index is 1.91. The molecule has 2 amide bonds. The van der Waals surface area contributed by atoms with Crippen molar-refractivity contribution in [2.24, 2.45) is 0 Å². The Hall–Kier alpha value is -2.95. The van der Waals surface area contributed by atoms with Gasteiger partial charge in [-0.3, -0.25) is 9.59 Å². The first-order chi connectivity index (χ1) is 17.2. The van der Waals surface area contributed by atoms with Gasteiger partial charge in [-0.25, -0.2) is 8.42 Å². The lowest BCUT2D eigenvalue weighted by Gasteiger charge is -2.32. The van der Waals surface area contributed by atoms with Crippen molar-refractivity contribution in [1.29, 1.82) is 0 Å². The van der Waals surface area contributed by atoms with Crippen LogP contribution in [0, 0.1) is 0 Å². The fraction of sp³-hybridized carbons (Fsp3) is 0.462. The first kappa shape index (κ1) is 27.6. The van der Waals surface area contributed by atoms with Gasteiger partial charge >= 0.3 is 0 Å². The van der Waals surface area contributed by atoms with Gasteiger partial charge in [-0.1, -0.05) is 42.5 Å². The summed E-state index contributed by atoms with van der Waals surface area (Å²) in [6.07, 6.45) is 3.10. The summed E-state index contributed by atoms with van der Waals surface area (Å²) >= 11 is 0. The molecule has 0 radical (unpaired) electrons. The van der Waals surface area contributed by atoms with Crippen molar-refractivity contribution in [2.45, 2.75) is 38.0 Å². The molecule has 10 heteroatoms. The lowest BCUT2D eigenvalue weighted by atomic mass is 10.0. The van der Waals surface area contributed by atoms with Gasteiger partial charge in [0.25, 0.3) is 0 Å². The van der Waals surface area contributed by atoms with E-state index in [0.717, 1.165) is 34.5 Å². The summed E-state index contributed by atoms with van der Waals surface area (Å²) < 4.78 is 35.9. The highest BCUT2D eigenvalue weighted by Gasteiger charge is 2.32. The zero-order chi connectivity index (χ0) is 26.1. The van der Waals surface area contributed by atoms with Gasteiger partial charge in [-0.05, 0) is 36.1 Å². The van der Waals surface area contributed by atoms with Crippen molar-refractivity contribution in [1.82, 2.24) is 14.5 Å². The average molecular weight is 518 g/mol. The smallest absolute Gasteiger partial charge is 0.243 e. The molecular formula is C26H35N3O6S. The number of sulfonamides is 1. The molecule has 0 aromatic heterocycles. The van der Waals surface area contributed by atoms with Crippen molar-refractivity contribution in [3.05, 3.63) is 65.7 Å². The van der Waals surface area contributed by atoms with Crippen molar-refractivity contribution < 1.29 is 27.5 Å². The molecule has 0 saturated carbocycles. The molecule has 0 spiro atoms. The van der Waals surface area contributed by atoms with Crippen LogP contribution < -0.4 is 10.1 Å². The number of rotatable bonds is 12. The van der Waals surface area contributed by atoms with Crippen LogP contribution in [0.15, 0.2) is 54.6 Å². The van der Waals surface area contributed by atoms with E-state index in [1.54, 1.807) is 19.2 Å². The van der Waals surface area contributed by atoms with Gasteiger partial charge in [-0.2, -0.15) is 4.31 Å². The van der Waals surface area contributed by atoms with E-state index in [0.29, 0.717) is 18.9 Å². The molecule has 0 aliphatic carbocycles. The minimum Gasteiger partial charge on any atom is -0.497 e. The van der Waals surface area contributed by atoms with Crippen LogP contribution in [0.3, 0.4) is 0 Å². The molecule has 2 aromatic carbocycles. The number of hydrogen-bond acceptors (Lipinski definition) is 6. The van der Waals surface area contributed by atoms with E-state index in [1.807, 2.05) is 42.5 Å². The van der Waals surface area contributed by atoms with Gasteiger partial charge in [-0.15, -0.1) is 0 Å². The summed E-state index contributed by atoms with van der Waals surface area (Å²) in [6.45, 7) is 0.788. The van der Waals surface area contributed by atoms with Crippen LogP contribution in [0.5, 0.6) is 5.75 Å². The molecule has 1 aliphatic rings. The highest BCUT2D eigenvalue weighted by atomic mass is 32.2. The van der Waals surface area contributed by atoms with Gasteiger partial charge in [0.2, 0.25) is 21.8 Å². The van der Waals surface area contributed by atoms with Crippen molar-refractivity contribution >= 4 is 21.8 Å². The molecule has 0 unspecified atom stereocenters. The molecule has 1 saturated heterocycles. The molecule has 9 nitrogen and oxygen atoms in total. The third-order valence-electron chi connectivity index (χ3n) is 6.24. The number of hydrogen-bond donors (Lipinski definition) is 1. The summed E-state index contributed by atoms with van der Waals surface area (Å²) in [5.74, 6) is -0.103. The molecular weight excluding hydrogens is 482 g/mol. The minimum atomic E-state index is -3.59. The zero-order valence-electron chi connectivity index (χ0n) is 21.1. The second-order valence-corrected chi connectivity index (χ2v) is 11.1. The normalized spacial score (nSPS) is 16.5. The Kier molecular flexibility index (Phi) is 9.86. The van der Waals surface area contributed by atoms with Crippen molar-refractivity contribution in [3.8, 4) is 5.75 Å². The second-order valence-electron chi connectivity index (χ2n) is 8.97. The number of ether oxygens (including phenoxy) is 2. The summed E-state index contributed by atoms with van der Waals surface area (Å²) in [4.78, 5) is 28.5. The first-order valence-corrected chi connectivity index (χ1v) is 13.8. The predicted octanol–water partition coefficient (Wildman–Crippen LogP) is 1.82. The Morgan fingerprint density at radius 2 is 1.81 bits per heavy atom. The lowest BCUT2D eigenvalue weighted by molar-refractivity contribution is -0.141. The molecule has 1 fully saturated rings. The zero-order valence-corrected chi connectivity index (χ0v) is 21.9. The Bertz CT molecular complexity index is 1100. The topological polar surface area (TPSA) is 105 Å². The molecule has 2 atom stereocenters. The molecule has 196 valence electrons. The molecule has 2 aromatic rings. The second kappa shape index (κ2) is 12.8. The predicted molar refractivity (Wildman–Crippen MR) is 137 cm³/mol. The summed E-state index contributed by atoms with van der Waals surface area (Å²) in [5, 5.41) is 2.96. The molecule has 36 heavy (non-hydrogen) atoms. The number of likely N-dealkylation sites (N-methyl/N-ethyl adjacent to an activating group) is 1. The van der Waals surface area contributed by atoms with E-state index in [9.17, 15) is 18.0 Å². The molecule has 3 rings (SSSR count). The molecule has 1 N–H and O–H groups in total. The van der Waals surface area contributed by atoms with Gasteiger partial charge < -0.3 is 19.7 Å². The molecule has 1 aliphatic heterocycles. The van der Waals surface area contributed by atoms with Crippen LogP contribution in [0.4, 0.5) is 0 Å². The largest absolute Gasteiger partial charge is 0.497 e. The first-order valence-electron chi connectivity index (χ1n) is 11.9. The number of amides is 2. The van der Waals surface area contributed by atoms with Crippen LogP contribution >= 0.6 is 0 Å². The number of carbonyl (C=O) groups excluding carboxylic acids is 2. The number of nitrogens with one attached hydrogen (secondary N) is 1. The van der Waals surface area contributed by atoms with Gasteiger partial charge in [0.15, 0.2) is 0 Å². The van der Waals surface area contributed by atoms with E-state index in [4.69, 9.17) is 9.47 Å². The average Bonchev–Trinajstić information content (AvgIpc) is 3.39. The highest BCUT2D eigenvalue weighted by molar-refractivity contribution is 7.88. The maximum atomic E-state index is 13.5. The number of benzene rings is 2. The van der Waals surface area contributed by atoms with E-state index < -0.39 is 22.0 Å². The van der Waals surface area contributed by atoms with Crippen molar-refractivity contribution in [2.75, 3.05) is 40.1 Å². The van der Waals surface area contributed by atoms with E-state index in [-0.39, 0.29) is 31.5 Å². The number of carbonyl (C=O) groups is 2. The van der Waals surface area contributed by atoms with Crippen LogP contribution in [0.1, 0.15) is 24.0 Å². The van der Waals surface area contributed by atoms with E-state index in [2.05, 4.69) is 5.32 Å². The van der Waals surface area contributed by atoms with Gasteiger partial charge in [0, 0.05) is 33.2 Å². The van der Waals surface area contributed by atoms with Crippen molar-refractivity contribution in [3.63, 3.8) is 0 Å². The number of methoxy groups -OCH3 is 1. The minimum absolute atomic E-state index is 0.0477. The third kappa shape index (κ3) is 8.04. The quantitative estimate of drug-likeness (QED) is 0.461. The Morgan fingerprint density at radius 1 is 1.11 bits per heavy atom. The maximum Gasteiger partial charge on any atom is 0.243 e. The summed E-state index contributed by atoms with van der Waals surface area (Å²) in [6, 6.07) is 15.8. The van der Waals surface area contributed by atoms with Crippen LogP contribution in [0.25, 0.3) is 0 Å². The SMILES string of the molecule is COc1ccc(CN(C(=O)CN(C)S(C)(=O)=O)[C@@H](Cc2ccccc2)C(=O)NC[C@H]2CCCO2)cc1. The highest BCUT2D eigenvalue weighted by Crippen LogP contribution is 2.18. The summed E-state index contributed by atoms with van der Waals surface area (Å²) in [5.41, 5.74) is 1.68. The molecule has 1 heterocycles. The Labute approximate surface area is 213 Å². The Morgan fingerprint density at radius 3 is 2.39 bits per heavy atom. The van der Waals surface area contributed by atoms with E-state index in [1.165, 1.54) is 11.9 Å². The van der Waals surface area contributed by atoms with Crippen LogP contribution in [-0.4, -0.2) is 81.7 Å². The third-order valence-corrected chi connectivity index (χ3v) is 7.50. The molecule has 0 bridgehead atoms. The fourth-order valence-electron chi connectivity index (χ4n) is 4.02. The standard InChI is InChI=1S/C26H35N3O6S/c1-28(36(3,32)33)19-25(30)29(18-21-11-13-22(34-2)14-12-21)24(16-20-8-5-4-6-9-20)26(31)27-17-23-10-7-15-35-23/h4-6,8-9,11-14,23-24H,7,10,15-19H2,1-3H3,(H,27,31)/t23-,24+/m1/s1.